The molecule has 0 aliphatic carbocycles. The number of fused-ring (bicyclic) bond motifs is 1. The second kappa shape index (κ2) is 5.06. The molecule has 120 valence electrons. The maximum Gasteiger partial charge on any atom is 0.452 e. The number of benzene rings is 1. The molecule has 4 nitrogen and oxygen atoms in total. The molecule has 0 amide bonds. The molecule has 0 aliphatic heterocycles. The Morgan fingerprint density at radius 1 is 0.913 bits per heavy atom. The van der Waals surface area contributed by atoms with Crippen LogP contribution in [0.5, 0.6) is 0 Å². The molecular formula is C16H14F3N3O. The predicted molar refractivity (Wildman–Crippen MR) is 78.7 cm³/mol. The smallest absolute Gasteiger partial charge is 0.386 e. The zero-order valence-corrected chi connectivity index (χ0v) is 12.5. The van der Waals surface area contributed by atoms with Gasteiger partial charge in [-0.05, 0) is 42.7 Å². The summed E-state index contributed by atoms with van der Waals surface area (Å²) in [6, 6.07) is 10.2. The van der Waals surface area contributed by atoms with E-state index in [2.05, 4.69) is 10.2 Å². The van der Waals surface area contributed by atoms with Gasteiger partial charge in [0.05, 0.1) is 5.60 Å². The molecule has 0 atom stereocenters. The normalized spacial score (nSPS) is 12.8. The van der Waals surface area contributed by atoms with Crippen LogP contribution in [0.15, 0.2) is 42.6 Å². The van der Waals surface area contributed by atoms with Crippen LogP contribution in [0.4, 0.5) is 13.2 Å². The number of nitrogens with zero attached hydrogens (tertiary/aromatic N) is 3. The van der Waals surface area contributed by atoms with E-state index < -0.39 is 17.6 Å². The van der Waals surface area contributed by atoms with Crippen molar-refractivity contribution in [2.45, 2.75) is 25.6 Å². The minimum atomic E-state index is -4.57. The summed E-state index contributed by atoms with van der Waals surface area (Å²) in [5.74, 6) is -1.05. The van der Waals surface area contributed by atoms with Gasteiger partial charge in [0.2, 0.25) is 5.82 Å². The van der Waals surface area contributed by atoms with E-state index in [1.807, 2.05) is 0 Å². The summed E-state index contributed by atoms with van der Waals surface area (Å²) in [7, 11) is 0. The molecule has 0 aliphatic rings. The molecule has 2 heterocycles. The molecule has 0 saturated carbocycles. The highest BCUT2D eigenvalue weighted by Gasteiger charge is 2.36. The highest BCUT2D eigenvalue weighted by molar-refractivity contribution is 5.65. The summed E-state index contributed by atoms with van der Waals surface area (Å²) in [6.07, 6.45) is -3.21. The van der Waals surface area contributed by atoms with Crippen LogP contribution < -0.4 is 0 Å². The summed E-state index contributed by atoms with van der Waals surface area (Å²) in [6.45, 7) is 3.33. The molecule has 1 N–H and O–H groups in total. The maximum atomic E-state index is 12.9. The third-order valence-corrected chi connectivity index (χ3v) is 3.58. The second-order valence-electron chi connectivity index (χ2n) is 5.80. The lowest BCUT2D eigenvalue weighted by atomic mass is 9.96. The fourth-order valence-electron chi connectivity index (χ4n) is 2.33. The van der Waals surface area contributed by atoms with E-state index >= 15 is 0 Å². The van der Waals surface area contributed by atoms with Crippen LogP contribution in [-0.4, -0.2) is 19.7 Å². The third-order valence-electron chi connectivity index (χ3n) is 3.58. The van der Waals surface area contributed by atoms with Crippen LogP contribution in [0.3, 0.4) is 0 Å². The fraction of sp³-hybridized carbons (Fsp3) is 0.250. The molecule has 0 saturated heterocycles. The average molecular weight is 321 g/mol. The van der Waals surface area contributed by atoms with Crippen molar-refractivity contribution in [3.05, 3.63) is 54.0 Å². The van der Waals surface area contributed by atoms with E-state index in [0.29, 0.717) is 5.56 Å². The Morgan fingerprint density at radius 2 is 1.52 bits per heavy atom. The third kappa shape index (κ3) is 2.92. The van der Waals surface area contributed by atoms with Crippen LogP contribution in [0.25, 0.3) is 16.8 Å². The quantitative estimate of drug-likeness (QED) is 0.784. The predicted octanol–water partition coefficient (Wildman–Crippen LogP) is 3.64. The molecule has 7 heteroatoms. The molecule has 0 radical (unpaired) electrons. The molecule has 0 unspecified atom stereocenters. The first-order valence-corrected chi connectivity index (χ1v) is 6.91. The van der Waals surface area contributed by atoms with Crippen molar-refractivity contribution >= 4 is 5.65 Å². The largest absolute Gasteiger partial charge is 0.452 e. The highest BCUT2D eigenvalue weighted by Crippen LogP contribution is 2.30. The number of hydrogen-bond acceptors (Lipinski definition) is 3. The molecule has 3 rings (SSSR count). The van der Waals surface area contributed by atoms with Crippen molar-refractivity contribution in [2.24, 2.45) is 0 Å². The van der Waals surface area contributed by atoms with Gasteiger partial charge in [0.1, 0.15) is 0 Å². The lowest BCUT2D eigenvalue weighted by Gasteiger charge is -2.18. The van der Waals surface area contributed by atoms with Gasteiger partial charge in [0.25, 0.3) is 0 Å². The van der Waals surface area contributed by atoms with Crippen molar-refractivity contribution in [1.82, 2.24) is 14.6 Å². The molecule has 3 aromatic rings. The van der Waals surface area contributed by atoms with Crippen molar-refractivity contribution in [3.8, 4) is 11.1 Å². The van der Waals surface area contributed by atoms with Gasteiger partial charge in [0.15, 0.2) is 5.65 Å². The molecular weight excluding hydrogens is 307 g/mol. The van der Waals surface area contributed by atoms with Gasteiger partial charge in [-0.1, -0.05) is 24.3 Å². The number of pyridine rings is 1. The van der Waals surface area contributed by atoms with Crippen molar-refractivity contribution in [1.29, 1.82) is 0 Å². The number of aliphatic hydroxyl groups is 1. The van der Waals surface area contributed by atoms with E-state index in [9.17, 15) is 18.3 Å². The van der Waals surface area contributed by atoms with Gasteiger partial charge >= 0.3 is 6.18 Å². The van der Waals surface area contributed by atoms with Gasteiger partial charge < -0.3 is 5.11 Å². The van der Waals surface area contributed by atoms with Crippen LogP contribution in [0, 0.1) is 0 Å². The Kier molecular flexibility index (Phi) is 3.40. The van der Waals surface area contributed by atoms with Gasteiger partial charge in [0, 0.05) is 6.20 Å². The van der Waals surface area contributed by atoms with E-state index in [-0.39, 0.29) is 5.65 Å². The van der Waals surface area contributed by atoms with Crippen LogP contribution in [0.1, 0.15) is 25.2 Å². The highest BCUT2D eigenvalue weighted by atomic mass is 19.4. The molecule has 0 fully saturated rings. The lowest BCUT2D eigenvalue weighted by molar-refractivity contribution is -0.145. The van der Waals surface area contributed by atoms with Crippen LogP contribution >= 0.6 is 0 Å². The zero-order valence-electron chi connectivity index (χ0n) is 12.5. The second-order valence-corrected chi connectivity index (χ2v) is 5.80. The van der Waals surface area contributed by atoms with Crippen LogP contribution in [-0.2, 0) is 11.8 Å². The first kappa shape index (κ1) is 15.5. The number of aromatic nitrogens is 3. The van der Waals surface area contributed by atoms with Gasteiger partial charge in [-0.3, -0.25) is 4.40 Å². The maximum absolute atomic E-state index is 12.9. The minimum Gasteiger partial charge on any atom is -0.386 e. The first-order chi connectivity index (χ1) is 10.7. The van der Waals surface area contributed by atoms with Crippen molar-refractivity contribution in [3.63, 3.8) is 0 Å². The monoisotopic (exact) mass is 321 g/mol. The summed E-state index contributed by atoms with van der Waals surface area (Å²) in [5, 5.41) is 16.7. The topological polar surface area (TPSA) is 50.4 Å². The molecule has 0 bridgehead atoms. The number of rotatable bonds is 2. The van der Waals surface area contributed by atoms with E-state index in [4.69, 9.17) is 0 Å². The summed E-state index contributed by atoms with van der Waals surface area (Å²) in [4.78, 5) is 0. The molecule has 1 aromatic carbocycles. The molecule has 0 spiro atoms. The van der Waals surface area contributed by atoms with Crippen molar-refractivity contribution in [2.75, 3.05) is 0 Å². The summed E-state index contributed by atoms with van der Waals surface area (Å²) >= 11 is 0. The van der Waals surface area contributed by atoms with E-state index in [0.717, 1.165) is 15.5 Å². The fourth-order valence-corrected chi connectivity index (χ4v) is 2.33. The SMILES string of the molecule is CC(C)(O)c1ccc(-c2ccc3nnc(C(F)(F)F)n3c2)cc1. The van der Waals surface area contributed by atoms with Gasteiger partial charge in [-0.25, -0.2) is 0 Å². The van der Waals surface area contributed by atoms with Crippen molar-refractivity contribution < 1.29 is 18.3 Å². The average Bonchev–Trinajstić information content (AvgIpc) is 2.89. The number of alkyl halides is 3. The standard InChI is InChI=1S/C16H14F3N3O/c1-15(2,23)12-6-3-10(4-7-12)11-5-8-13-20-21-14(16(17,18)19)22(13)9-11/h3-9,23H,1-2H3. The van der Waals surface area contributed by atoms with E-state index in [1.165, 1.54) is 12.3 Å². The van der Waals surface area contributed by atoms with Gasteiger partial charge in [-0.2, -0.15) is 13.2 Å². The minimum absolute atomic E-state index is 0.134. The molecule has 23 heavy (non-hydrogen) atoms. The number of halogens is 3. The lowest BCUT2D eigenvalue weighted by Crippen LogP contribution is -2.14. The Morgan fingerprint density at radius 3 is 2.09 bits per heavy atom. The van der Waals surface area contributed by atoms with Gasteiger partial charge in [-0.15, -0.1) is 10.2 Å². The van der Waals surface area contributed by atoms with Crippen LogP contribution in [0.2, 0.25) is 0 Å². The van der Waals surface area contributed by atoms with E-state index in [1.54, 1.807) is 44.2 Å². The summed E-state index contributed by atoms with van der Waals surface area (Å²) in [5.41, 5.74) is 1.23. The molecule has 2 aromatic heterocycles. The zero-order chi connectivity index (χ0) is 16.8. The Bertz CT molecular complexity index is 846. The Balaban J connectivity index is 2.07. The summed E-state index contributed by atoms with van der Waals surface area (Å²) < 4.78 is 39.7. The first-order valence-electron chi connectivity index (χ1n) is 6.91. The number of hydrogen-bond donors (Lipinski definition) is 1. The Hall–Kier alpha value is -2.41. The Labute approximate surface area is 130 Å².